The van der Waals surface area contributed by atoms with Crippen LogP contribution >= 0.6 is 0 Å². The van der Waals surface area contributed by atoms with Gasteiger partial charge in [-0.05, 0) is 44.8 Å². The van der Waals surface area contributed by atoms with Gasteiger partial charge in [0.1, 0.15) is 0 Å². The van der Waals surface area contributed by atoms with Crippen LogP contribution in [0.4, 0.5) is 0 Å². The maximum absolute atomic E-state index is 2.60. The van der Waals surface area contributed by atoms with Crippen LogP contribution in [0.25, 0.3) is 0 Å². The van der Waals surface area contributed by atoms with E-state index in [9.17, 15) is 0 Å². The fourth-order valence-corrected chi connectivity index (χ4v) is 1.93. The molecule has 0 amide bonds. The van der Waals surface area contributed by atoms with Crippen LogP contribution in [0.3, 0.4) is 0 Å². The molecule has 0 radical (unpaired) electrons. The van der Waals surface area contributed by atoms with Crippen molar-refractivity contribution >= 4 is 0 Å². The van der Waals surface area contributed by atoms with E-state index in [4.69, 9.17) is 0 Å². The minimum absolute atomic E-state index is 1.03. The maximum Gasteiger partial charge on any atom is -0.00161 e. The summed E-state index contributed by atoms with van der Waals surface area (Å²) in [7, 11) is 0. The van der Waals surface area contributed by atoms with Crippen LogP contribution in [-0.2, 0) is 0 Å². The smallest absolute Gasteiger partial charge is 0.00161 e. The summed E-state index contributed by atoms with van der Waals surface area (Å²) in [6.45, 7) is 12.6. The van der Waals surface area contributed by atoms with Crippen molar-refractivity contribution < 1.29 is 0 Å². The standard InChI is InChI=1S/C10H21N.C2H6/c1-3-7-11-8-5-10(4-2)6-9-11;1-2/h10H,3-9H2,1-2H3;1-2H3. The first-order chi connectivity index (χ1) is 6.36. The average molecular weight is 185 g/mol. The predicted molar refractivity (Wildman–Crippen MR) is 61.1 cm³/mol. The molecular weight excluding hydrogens is 158 g/mol. The molecule has 0 N–H and O–H groups in total. The van der Waals surface area contributed by atoms with Crippen molar-refractivity contribution in [2.24, 2.45) is 5.92 Å². The molecule has 0 spiro atoms. The van der Waals surface area contributed by atoms with E-state index in [0.29, 0.717) is 0 Å². The lowest BCUT2D eigenvalue weighted by atomic mass is 9.94. The van der Waals surface area contributed by atoms with Crippen LogP contribution in [0, 0.1) is 5.92 Å². The van der Waals surface area contributed by atoms with Crippen molar-refractivity contribution in [3.05, 3.63) is 0 Å². The summed E-state index contributed by atoms with van der Waals surface area (Å²) in [5.41, 5.74) is 0. The van der Waals surface area contributed by atoms with Crippen LogP contribution in [0.15, 0.2) is 0 Å². The van der Waals surface area contributed by atoms with Gasteiger partial charge in [-0.3, -0.25) is 0 Å². The van der Waals surface area contributed by atoms with Crippen molar-refractivity contribution in [1.29, 1.82) is 0 Å². The van der Waals surface area contributed by atoms with Crippen LogP contribution in [-0.4, -0.2) is 24.5 Å². The van der Waals surface area contributed by atoms with Gasteiger partial charge in [0.15, 0.2) is 0 Å². The van der Waals surface area contributed by atoms with Crippen LogP contribution in [0.2, 0.25) is 0 Å². The molecule has 1 heterocycles. The molecule has 1 saturated heterocycles. The highest BCUT2D eigenvalue weighted by Crippen LogP contribution is 2.19. The Hall–Kier alpha value is -0.0400. The summed E-state index contributed by atoms with van der Waals surface area (Å²) in [5, 5.41) is 0. The number of nitrogens with zero attached hydrogens (tertiary/aromatic N) is 1. The summed E-state index contributed by atoms with van der Waals surface area (Å²) in [5.74, 6) is 1.03. The van der Waals surface area contributed by atoms with Crippen LogP contribution in [0.5, 0.6) is 0 Å². The lowest BCUT2D eigenvalue weighted by molar-refractivity contribution is 0.182. The summed E-state index contributed by atoms with van der Waals surface area (Å²) < 4.78 is 0. The van der Waals surface area contributed by atoms with Gasteiger partial charge in [0.2, 0.25) is 0 Å². The van der Waals surface area contributed by atoms with Crippen molar-refractivity contribution in [1.82, 2.24) is 4.90 Å². The summed E-state index contributed by atoms with van der Waals surface area (Å²) in [6, 6.07) is 0. The van der Waals surface area contributed by atoms with Gasteiger partial charge in [0.05, 0.1) is 0 Å². The Bertz CT molecular complexity index is 93.3. The molecule has 1 aliphatic heterocycles. The van der Waals surface area contributed by atoms with Gasteiger partial charge in [-0.25, -0.2) is 0 Å². The molecule has 80 valence electrons. The van der Waals surface area contributed by atoms with E-state index >= 15 is 0 Å². The van der Waals surface area contributed by atoms with E-state index in [0.717, 1.165) is 5.92 Å². The maximum atomic E-state index is 2.60. The van der Waals surface area contributed by atoms with E-state index in [2.05, 4.69) is 18.7 Å². The van der Waals surface area contributed by atoms with Gasteiger partial charge in [-0.2, -0.15) is 0 Å². The average Bonchev–Trinajstić information content (AvgIpc) is 2.23. The van der Waals surface area contributed by atoms with E-state index in [-0.39, 0.29) is 0 Å². The van der Waals surface area contributed by atoms with E-state index in [1.54, 1.807) is 0 Å². The zero-order valence-electron chi connectivity index (χ0n) is 9.97. The van der Waals surface area contributed by atoms with Crippen molar-refractivity contribution in [2.45, 2.75) is 53.4 Å². The molecule has 0 aliphatic carbocycles. The van der Waals surface area contributed by atoms with Gasteiger partial charge in [-0.1, -0.05) is 34.1 Å². The number of likely N-dealkylation sites (tertiary alicyclic amines) is 1. The second kappa shape index (κ2) is 8.55. The summed E-state index contributed by atoms with van der Waals surface area (Å²) in [6.07, 6.45) is 5.59. The predicted octanol–water partition coefficient (Wildman–Crippen LogP) is 3.54. The van der Waals surface area contributed by atoms with E-state index < -0.39 is 0 Å². The van der Waals surface area contributed by atoms with Crippen LogP contribution < -0.4 is 0 Å². The van der Waals surface area contributed by atoms with Crippen molar-refractivity contribution in [2.75, 3.05) is 19.6 Å². The summed E-state index contributed by atoms with van der Waals surface area (Å²) >= 11 is 0. The summed E-state index contributed by atoms with van der Waals surface area (Å²) in [4.78, 5) is 2.60. The molecule has 1 aliphatic rings. The fourth-order valence-electron chi connectivity index (χ4n) is 1.93. The zero-order chi connectivity index (χ0) is 10.1. The molecule has 0 atom stereocenters. The molecule has 0 bridgehead atoms. The van der Waals surface area contributed by atoms with E-state index in [1.807, 2.05) is 13.8 Å². The van der Waals surface area contributed by atoms with Crippen LogP contribution in [0.1, 0.15) is 53.4 Å². The second-order valence-corrected chi connectivity index (χ2v) is 3.69. The van der Waals surface area contributed by atoms with Crippen molar-refractivity contribution in [3.8, 4) is 0 Å². The molecule has 0 unspecified atom stereocenters. The lowest BCUT2D eigenvalue weighted by Crippen LogP contribution is -2.33. The number of piperidine rings is 1. The molecule has 0 aromatic rings. The molecule has 1 rings (SSSR count). The Labute approximate surface area is 84.5 Å². The first-order valence-corrected chi connectivity index (χ1v) is 6.09. The first kappa shape index (κ1) is 13.0. The molecular formula is C12H27N. The minimum Gasteiger partial charge on any atom is -0.303 e. The first-order valence-electron chi connectivity index (χ1n) is 6.09. The molecule has 1 fully saturated rings. The molecule has 1 nitrogen and oxygen atoms in total. The van der Waals surface area contributed by atoms with Gasteiger partial charge in [0.25, 0.3) is 0 Å². The van der Waals surface area contributed by atoms with Gasteiger partial charge in [0, 0.05) is 0 Å². The van der Waals surface area contributed by atoms with Gasteiger partial charge in [-0.15, -0.1) is 0 Å². The lowest BCUT2D eigenvalue weighted by Gasteiger charge is -2.30. The molecule has 0 saturated carbocycles. The third-order valence-electron chi connectivity index (χ3n) is 2.82. The SMILES string of the molecule is CC.CCCN1CCC(CC)CC1. The molecule has 0 aromatic carbocycles. The molecule has 0 aromatic heterocycles. The van der Waals surface area contributed by atoms with Gasteiger partial charge >= 0.3 is 0 Å². The highest BCUT2D eigenvalue weighted by atomic mass is 15.1. The molecule has 13 heavy (non-hydrogen) atoms. The number of hydrogen-bond donors (Lipinski definition) is 0. The van der Waals surface area contributed by atoms with E-state index in [1.165, 1.54) is 45.3 Å². The second-order valence-electron chi connectivity index (χ2n) is 3.69. The quantitative estimate of drug-likeness (QED) is 0.650. The Morgan fingerprint density at radius 3 is 2.00 bits per heavy atom. The number of rotatable bonds is 3. The highest BCUT2D eigenvalue weighted by Gasteiger charge is 2.16. The van der Waals surface area contributed by atoms with Crippen molar-refractivity contribution in [3.63, 3.8) is 0 Å². The Balaban J connectivity index is 0.000000671. The molecule has 1 heteroatoms. The highest BCUT2D eigenvalue weighted by molar-refractivity contribution is 4.70. The topological polar surface area (TPSA) is 3.24 Å². The fraction of sp³-hybridized carbons (Fsp3) is 1.00. The normalized spacial score (nSPS) is 19.4. The largest absolute Gasteiger partial charge is 0.303 e. The monoisotopic (exact) mass is 185 g/mol. The Kier molecular flexibility index (Phi) is 8.53. The third-order valence-corrected chi connectivity index (χ3v) is 2.82. The zero-order valence-corrected chi connectivity index (χ0v) is 9.97. The Morgan fingerprint density at radius 1 is 1.08 bits per heavy atom. The minimum atomic E-state index is 1.03. The van der Waals surface area contributed by atoms with Gasteiger partial charge < -0.3 is 4.90 Å². The third kappa shape index (κ3) is 5.30. The Morgan fingerprint density at radius 2 is 1.62 bits per heavy atom. The number of hydrogen-bond acceptors (Lipinski definition) is 1.